The number of anilines is 3. The number of benzene rings is 1. The van der Waals surface area contributed by atoms with E-state index < -0.39 is 24.3 Å². The van der Waals surface area contributed by atoms with Gasteiger partial charge in [0.05, 0.1) is 30.7 Å². The van der Waals surface area contributed by atoms with Crippen LogP contribution in [-0.2, 0) is 16.6 Å². The third-order valence-electron chi connectivity index (χ3n) is 8.58. The first-order valence-corrected chi connectivity index (χ1v) is 15.9. The number of aryl methyl sites for hydroxylation is 1. The number of fused-ring (bicyclic) bond motifs is 1. The second kappa shape index (κ2) is 13.4. The van der Waals surface area contributed by atoms with Crippen molar-refractivity contribution < 1.29 is 31.9 Å². The number of rotatable bonds is 7. The summed E-state index contributed by atoms with van der Waals surface area (Å²) >= 11 is 0. The molecule has 2 saturated heterocycles. The Morgan fingerprint density at radius 2 is 1.66 bits per heavy atom. The zero-order chi connectivity index (χ0) is 35.0. The molecule has 0 spiro atoms. The second-order valence-electron chi connectivity index (χ2n) is 11.9. The van der Waals surface area contributed by atoms with Crippen molar-refractivity contribution in [2.75, 3.05) is 67.6 Å². The van der Waals surface area contributed by atoms with Gasteiger partial charge in [0.2, 0.25) is 5.91 Å². The van der Waals surface area contributed by atoms with Crippen LogP contribution < -0.4 is 15.1 Å². The average molecular weight is 693 g/mol. The lowest BCUT2D eigenvalue weighted by Crippen LogP contribution is -2.50. The maximum absolute atomic E-state index is 13.9. The molecule has 2 fully saturated rings. The third kappa shape index (κ3) is 6.94. The van der Waals surface area contributed by atoms with Gasteiger partial charge in [-0.05, 0) is 48.5 Å². The van der Waals surface area contributed by atoms with Crippen LogP contribution in [0.1, 0.15) is 16.8 Å². The summed E-state index contributed by atoms with van der Waals surface area (Å²) in [5.74, 6) is -0.170. The first kappa shape index (κ1) is 32.9. The van der Waals surface area contributed by atoms with Crippen molar-refractivity contribution in [1.29, 1.82) is 0 Å². The van der Waals surface area contributed by atoms with E-state index in [0.29, 0.717) is 71.7 Å². The topological polar surface area (TPSA) is 126 Å². The fraction of sp³-hybridized carbons (Fsp3) is 0.333. The van der Waals surface area contributed by atoms with Crippen molar-refractivity contribution >= 4 is 34.9 Å². The van der Waals surface area contributed by atoms with Crippen molar-refractivity contribution in [2.45, 2.75) is 12.6 Å². The highest BCUT2D eigenvalue weighted by Crippen LogP contribution is 2.39. The largest absolute Gasteiger partial charge is 0.397 e. The van der Waals surface area contributed by atoms with Gasteiger partial charge in [-0.25, -0.2) is 18.9 Å². The average Bonchev–Trinajstić information content (AvgIpc) is 3.67. The minimum absolute atomic E-state index is 0.0911. The maximum atomic E-state index is 13.9. The number of ether oxygens (including phenoxy) is 1. The zero-order valence-corrected chi connectivity index (χ0v) is 26.9. The van der Waals surface area contributed by atoms with Gasteiger partial charge >= 0.3 is 6.18 Å². The molecule has 2 amide bonds. The molecule has 50 heavy (non-hydrogen) atoms. The number of amides is 2. The lowest BCUT2D eigenvalue weighted by Gasteiger charge is -2.36. The van der Waals surface area contributed by atoms with E-state index in [1.807, 2.05) is 4.90 Å². The van der Waals surface area contributed by atoms with Gasteiger partial charge in [-0.2, -0.15) is 23.4 Å². The van der Waals surface area contributed by atoms with E-state index in [1.165, 1.54) is 21.5 Å². The van der Waals surface area contributed by atoms with Crippen LogP contribution >= 0.6 is 0 Å². The summed E-state index contributed by atoms with van der Waals surface area (Å²) in [7, 11) is 1.74. The van der Waals surface area contributed by atoms with E-state index >= 15 is 0 Å². The van der Waals surface area contributed by atoms with Gasteiger partial charge in [-0.15, -0.1) is 0 Å². The first-order valence-electron chi connectivity index (χ1n) is 15.9. The van der Waals surface area contributed by atoms with E-state index in [2.05, 4.69) is 20.2 Å². The number of alkyl halides is 3. The Kier molecular flexibility index (Phi) is 8.81. The smallest absolute Gasteiger partial charge is 0.378 e. The van der Waals surface area contributed by atoms with Crippen molar-refractivity contribution in [2.24, 2.45) is 7.05 Å². The molecule has 0 radical (unpaired) electrons. The molecule has 0 atom stereocenters. The molecule has 1 N–H and O–H groups in total. The highest BCUT2D eigenvalue weighted by atomic mass is 19.4. The summed E-state index contributed by atoms with van der Waals surface area (Å²) in [6.45, 7) is 3.22. The van der Waals surface area contributed by atoms with Crippen LogP contribution in [0, 0.1) is 5.82 Å². The SMILES string of the molecule is Cn1nc(-c2ccc(F)cc2)c(-c2ccc3nc(NC(=O)c4ccnc(N5CCOCC5)c4)cn3n2)c1N1CCN(C(=O)CC(F)(F)F)CC1. The van der Waals surface area contributed by atoms with Crippen molar-refractivity contribution in [1.82, 2.24) is 34.3 Å². The molecule has 4 aromatic heterocycles. The Morgan fingerprint density at radius 1 is 0.920 bits per heavy atom. The predicted octanol–water partition coefficient (Wildman–Crippen LogP) is 4.02. The van der Waals surface area contributed by atoms with Gasteiger partial charge in [0.1, 0.15) is 29.6 Å². The summed E-state index contributed by atoms with van der Waals surface area (Å²) in [5, 5.41) is 12.4. The molecule has 0 unspecified atom stereocenters. The molecule has 2 aliphatic rings. The number of halogens is 4. The number of morpholine rings is 1. The number of nitrogens with zero attached hydrogens (tertiary/aromatic N) is 9. The third-order valence-corrected chi connectivity index (χ3v) is 8.58. The Bertz CT molecular complexity index is 2030. The van der Waals surface area contributed by atoms with E-state index in [4.69, 9.17) is 14.9 Å². The van der Waals surface area contributed by atoms with Gasteiger partial charge in [0.25, 0.3) is 5.91 Å². The molecule has 6 heterocycles. The van der Waals surface area contributed by atoms with Crippen molar-refractivity contribution in [3.8, 4) is 22.5 Å². The minimum Gasteiger partial charge on any atom is -0.378 e. The number of imidazole rings is 1. The summed E-state index contributed by atoms with van der Waals surface area (Å²) < 4.78 is 61.1. The quantitative estimate of drug-likeness (QED) is 0.252. The summed E-state index contributed by atoms with van der Waals surface area (Å²) in [6, 6.07) is 12.7. The van der Waals surface area contributed by atoms with Crippen molar-refractivity contribution in [3.05, 3.63) is 72.3 Å². The number of piperazine rings is 1. The van der Waals surface area contributed by atoms with Gasteiger partial charge in [-0.3, -0.25) is 14.3 Å². The number of aromatic nitrogens is 6. The number of carbonyl (C=O) groups excluding carboxylic acids is 2. The Hall–Kier alpha value is -5.58. The molecular weight excluding hydrogens is 660 g/mol. The Morgan fingerprint density at radius 3 is 2.38 bits per heavy atom. The van der Waals surface area contributed by atoms with Crippen LogP contribution in [0.3, 0.4) is 0 Å². The van der Waals surface area contributed by atoms with E-state index in [-0.39, 0.29) is 37.9 Å². The predicted molar refractivity (Wildman–Crippen MR) is 175 cm³/mol. The highest BCUT2D eigenvalue weighted by molar-refractivity contribution is 6.04. The van der Waals surface area contributed by atoms with Gasteiger partial charge in [0.15, 0.2) is 11.5 Å². The monoisotopic (exact) mass is 692 g/mol. The van der Waals surface area contributed by atoms with Crippen molar-refractivity contribution in [3.63, 3.8) is 0 Å². The molecule has 0 bridgehead atoms. The maximum Gasteiger partial charge on any atom is 0.397 e. The van der Waals surface area contributed by atoms with Crippen LogP contribution in [-0.4, -0.2) is 105 Å². The Labute approximate surface area is 283 Å². The van der Waals surface area contributed by atoms with Gasteiger partial charge in [0, 0.05) is 63.6 Å². The zero-order valence-electron chi connectivity index (χ0n) is 26.9. The van der Waals surface area contributed by atoms with Crippen LogP contribution in [0.2, 0.25) is 0 Å². The standard InChI is InChI=1S/C33H32F4N10O3/c1-43-32(46-12-10-45(11-13-46)28(48)19-33(35,36)37)29(30(42-43)21-2-4-23(34)5-3-21)24-6-7-26-39-25(20-47(26)41-24)40-31(49)22-8-9-38-27(18-22)44-14-16-50-17-15-44/h2-9,18,20H,10-17,19H2,1H3,(H,40,49). The molecular formula is C33H32F4N10O3. The molecule has 5 aromatic rings. The molecule has 13 nitrogen and oxygen atoms in total. The second-order valence-corrected chi connectivity index (χ2v) is 11.9. The highest BCUT2D eigenvalue weighted by Gasteiger charge is 2.35. The number of hydrogen-bond acceptors (Lipinski definition) is 9. The lowest BCUT2D eigenvalue weighted by atomic mass is 10.0. The molecule has 0 saturated carbocycles. The number of pyridine rings is 1. The normalized spacial score (nSPS) is 15.5. The molecule has 2 aliphatic heterocycles. The van der Waals surface area contributed by atoms with Gasteiger partial charge in [-0.1, -0.05) is 0 Å². The molecule has 7 rings (SSSR count). The molecule has 1 aromatic carbocycles. The molecule has 17 heteroatoms. The van der Waals surface area contributed by atoms with E-state index in [9.17, 15) is 27.2 Å². The molecule has 0 aliphatic carbocycles. The summed E-state index contributed by atoms with van der Waals surface area (Å²) in [5.41, 5.74) is 3.08. The first-order chi connectivity index (χ1) is 24.0. The van der Waals surface area contributed by atoms with Crippen LogP contribution in [0.4, 0.5) is 35.0 Å². The Balaban J connectivity index is 1.18. The number of nitrogens with one attached hydrogen (secondary N) is 1. The fourth-order valence-electron chi connectivity index (χ4n) is 6.16. The fourth-order valence-corrected chi connectivity index (χ4v) is 6.16. The number of hydrogen-bond donors (Lipinski definition) is 1. The minimum atomic E-state index is -4.58. The van der Waals surface area contributed by atoms with Crippen LogP contribution in [0.25, 0.3) is 28.2 Å². The van der Waals surface area contributed by atoms with E-state index in [0.717, 1.165) is 0 Å². The summed E-state index contributed by atoms with van der Waals surface area (Å²) in [4.78, 5) is 39.6. The van der Waals surface area contributed by atoms with Crippen LogP contribution in [0.5, 0.6) is 0 Å². The number of carbonyl (C=O) groups is 2. The van der Waals surface area contributed by atoms with Crippen LogP contribution in [0.15, 0.2) is 60.9 Å². The summed E-state index contributed by atoms with van der Waals surface area (Å²) in [6.07, 6.45) is -2.92. The van der Waals surface area contributed by atoms with E-state index in [1.54, 1.807) is 60.5 Å². The van der Waals surface area contributed by atoms with Gasteiger partial charge < -0.3 is 24.8 Å². The molecule has 260 valence electrons. The lowest BCUT2D eigenvalue weighted by molar-refractivity contribution is -0.161.